The zero-order valence-corrected chi connectivity index (χ0v) is 26.1. The van der Waals surface area contributed by atoms with Crippen molar-refractivity contribution in [3.63, 3.8) is 0 Å². The molecule has 1 aliphatic carbocycles. The number of aliphatic hydroxyl groups excluding tert-OH is 1. The quantitative estimate of drug-likeness (QED) is 0.326. The molecule has 230 valence electrons. The van der Waals surface area contributed by atoms with E-state index >= 15 is 0 Å². The highest BCUT2D eigenvalue weighted by Gasteiger charge is 2.52. The number of ether oxygens (including phenoxy) is 4. The van der Waals surface area contributed by atoms with Crippen LogP contribution in [0.25, 0.3) is 0 Å². The molecule has 0 saturated carbocycles. The van der Waals surface area contributed by atoms with Crippen LogP contribution >= 0.6 is 0 Å². The van der Waals surface area contributed by atoms with Crippen molar-refractivity contribution in [1.82, 2.24) is 0 Å². The van der Waals surface area contributed by atoms with Gasteiger partial charge in [-0.15, -0.1) is 0 Å². The second-order valence-corrected chi connectivity index (χ2v) is 13.4. The van der Waals surface area contributed by atoms with E-state index in [0.29, 0.717) is 30.3 Å². The Kier molecular flexibility index (Phi) is 10.4. The zero-order chi connectivity index (χ0) is 29.9. The van der Waals surface area contributed by atoms with Gasteiger partial charge >= 0.3 is 5.97 Å². The minimum Gasteiger partial charge on any atom is -0.462 e. The summed E-state index contributed by atoms with van der Waals surface area (Å²) in [6, 6.07) is 0. The van der Waals surface area contributed by atoms with Gasteiger partial charge in [0.05, 0.1) is 24.9 Å². The molecule has 1 spiro atoms. The summed E-state index contributed by atoms with van der Waals surface area (Å²) >= 11 is 0. The minimum absolute atomic E-state index is 0.0684. The summed E-state index contributed by atoms with van der Waals surface area (Å²) in [6.07, 6.45) is 13.4. The number of fused-ring (bicyclic) bond motifs is 3. The van der Waals surface area contributed by atoms with Crippen LogP contribution in [0.1, 0.15) is 86.5 Å². The summed E-state index contributed by atoms with van der Waals surface area (Å²) in [7, 11) is 1.59. The summed E-state index contributed by atoms with van der Waals surface area (Å²) in [5.74, 6) is -1.24. The molecule has 9 atom stereocenters. The van der Waals surface area contributed by atoms with E-state index in [9.17, 15) is 15.0 Å². The Morgan fingerprint density at radius 1 is 1.15 bits per heavy atom. The Hall–Kier alpha value is -1.77. The summed E-state index contributed by atoms with van der Waals surface area (Å²) in [5.41, 5.74) is 0.860. The Morgan fingerprint density at radius 3 is 2.59 bits per heavy atom. The summed E-state index contributed by atoms with van der Waals surface area (Å²) in [5, 5.41) is 22.5. The minimum atomic E-state index is -1.64. The van der Waals surface area contributed by atoms with Gasteiger partial charge in [0.15, 0.2) is 5.79 Å². The molecule has 0 radical (unpaired) electrons. The van der Waals surface area contributed by atoms with Crippen LogP contribution in [0.3, 0.4) is 0 Å². The third-order valence-electron chi connectivity index (χ3n) is 9.60. The van der Waals surface area contributed by atoms with Crippen molar-refractivity contribution in [2.45, 2.75) is 122 Å². The van der Waals surface area contributed by atoms with E-state index in [1.54, 1.807) is 19.3 Å². The van der Waals surface area contributed by atoms with Gasteiger partial charge in [0.25, 0.3) is 0 Å². The van der Waals surface area contributed by atoms with Crippen molar-refractivity contribution >= 4 is 5.97 Å². The van der Waals surface area contributed by atoms with E-state index in [1.165, 1.54) is 5.57 Å². The lowest BCUT2D eigenvalue weighted by atomic mass is 9.71. The number of methoxy groups -OCH3 is 1. The van der Waals surface area contributed by atoms with E-state index < -0.39 is 29.4 Å². The lowest BCUT2D eigenvalue weighted by molar-refractivity contribution is -0.340. The molecule has 0 aromatic rings. The van der Waals surface area contributed by atoms with Gasteiger partial charge in [-0.2, -0.15) is 0 Å². The SMILES string of the molecule is CO[C@H]1C[C@@]2(O)/C(CO)=C/C=C/[C@H](C)C/C(C)=C\C[C@@H]3C[C@@H](C[C@]4(CC[C@H](C)[C@@H](C(C)C)O4)O3)OC(=O)[C@@H]2C=C1C. The molecule has 0 amide bonds. The molecule has 4 rings (SSSR count). The lowest BCUT2D eigenvalue weighted by Crippen LogP contribution is -2.56. The predicted octanol–water partition coefficient (Wildman–Crippen LogP) is 5.81. The maximum absolute atomic E-state index is 14.0. The first-order chi connectivity index (χ1) is 19.4. The van der Waals surface area contributed by atoms with Crippen LogP contribution in [0.5, 0.6) is 0 Å². The second-order valence-electron chi connectivity index (χ2n) is 13.4. The molecule has 2 saturated heterocycles. The van der Waals surface area contributed by atoms with E-state index in [0.717, 1.165) is 31.3 Å². The molecule has 2 N–H and O–H groups in total. The van der Waals surface area contributed by atoms with Gasteiger partial charge in [-0.3, -0.25) is 4.79 Å². The van der Waals surface area contributed by atoms with E-state index in [-0.39, 0.29) is 37.3 Å². The molecule has 3 heterocycles. The number of hydrogen-bond acceptors (Lipinski definition) is 7. The van der Waals surface area contributed by atoms with Crippen LogP contribution < -0.4 is 0 Å². The number of allylic oxidation sites excluding steroid dienone is 4. The average molecular weight is 573 g/mol. The molecule has 41 heavy (non-hydrogen) atoms. The van der Waals surface area contributed by atoms with Crippen molar-refractivity contribution < 1.29 is 34.0 Å². The monoisotopic (exact) mass is 572 g/mol. The highest BCUT2D eigenvalue weighted by Crippen LogP contribution is 2.45. The van der Waals surface area contributed by atoms with Crippen molar-refractivity contribution in [2.75, 3.05) is 13.7 Å². The first-order valence-electron chi connectivity index (χ1n) is 15.5. The van der Waals surface area contributed by atoms with E-state index in [2.05, 4.69) is 46.8 Å². The van der Waals surface area contributed by atoms with Gasteiger partial charge < -0.3 is 29.2 Å². The highest BCUT2D eigenvalue weighted by molar-refractivity contribution is 5.78. The Balaban J connectivity index is 1.73. The molecule has 0 unspecified atom stereocenters. The van der Waals surface area contributed by atoms with Crippen LogP contribution in [-0.2, 0) is 23.7 Å². The van der Waals surface area contributed by atoms with Crippen LogP contribution in [0.4, 0.5) is 0 Å². The average Bonchev–Trinajstić information content (AvgIpc) is 2.91. The number of carbonyl (C=O) groups is 1. The number of rotatable bonds is 3. The standard InChI is InChI=1S/C34H52O7/c1-21(2)31-24(5)13-14-33(41-31)18-28-17-27(40-33)12-11-23(4)15-22(3)9-8-10-26(20-35)34(37)19-30(38-7)25(6)16-29(34)32(36)39-28/h8-11,16,21-22,24,27-31,35,37H,12-15,17-20H2,1-7H3/b9-8+,23-11-,26-10+/t22-,24-,27+,28-,29-,30-,31+,33+,34+/m0/s1. The van der Waals surface area contributed by atoms with Crippen LogP contribution in [0.15, 0.2) is 47.1 Å². The van der Waals surface area contributed by atoms with Crippen LogP contribution in [-0.4, -0.2) is 65.7 Å². The van der Waals surface area contributed by atoms with Gasteiger partial charge in [0.1, 0.15) is 17.6 Å². The van der Waals surface area contributed by atoms with Gasteiger partial charge in [-0.25, -0.2) is 0 Å². The number of aliphatic hydroxyl groups is 2. The second kappa shape index (κ2) is 13.3. The molecule has 7 heteroatoms. The molecule has 0 aromatic heterocycles. The van der Waals surface area contributed by atoms with Gasteiger partial charge in [0.2, 0.25) is 0 Å². The molecule has 2 bridgehead atoms. The van der Waals surface area contributed by atoms with E-state index in [1.807, 2.05) is 13.0 Å². The number of hydrogen-bond donors (Lipinski definition) is 2. The van der Waals surface area contributed by atoms with Crippen LogP contribution in [0, 0.1) is 23.7 Å². The smallest absolute Gasteiger partial charge is 0.316 e. The highest BCUT2D eigenvalue weighted by atomic mass is 16.7. The zero-order valence-electron chi connectivity index (χ0n) is 26.1. The fourth-order valence-corrected chi connectivity index (χ4v) is 7.29. The number of esters is 1. The van der Waals surface area contributed by atoms with Crippen molar-refractivity contribution in [2.24, 2.45) is 23.7 Å². The topological polar surface area (TPSA) is 94.5 Å². The third kappa shape index (κ3) is 7.24. The normalized spacial score (nSPS) is 44.2. The van der Waals surface area contributed by atoms with E-state index in [4.69, 9.17) is 18.9 Å². The Labute approximate surface area is 246 Å². The molecule has 7 nitrogen and oxygen atoms in total. The van der Waals surface area contributed by atoms with Crippen molar-refractivity contribution in [1.29, 1.82) is 0 Å². The molecule has 2 fully saturated rings. The number of carbonyl (C=O) groups excluding carboxylic acids is 1. The fraction of sp³-hybridized carbons (Fsp3) is 0.735. The fourth-order valence-electron chi connectivity index (χ4n) is 7.29. The van der Waals surface area contributed by atoms with Crippen molar-refractivity contribution in [3.8, 4) is 0 Å². The molecular weight excluding hydrogens is 520 g/mol. The van der Waals surface area contributed by atoms with Crippen LogP contribution in [0.2, 0.25) is 0 Å². The predicted molar refractivity (Wildman–Crippen MR) is 159 cm³/mol. The molecule has 3 aliphatic heterocycles. The Bertz CT molecular complexity index is 1060. The summed E-state index contributed by atoms with van der Waals surface area (Å²) < 4.78 is 25.4. The van der Waals surface area contributed by atoms with Gasteiger partial charge in [0, 0.05) is 32.8 Å². The summed E-state index contributed by atoms with van der Waals surface area (Å²) in [4.78, 5) is 14.0. The lowest BCUT2D eigenvalue weighted by Gasteiger charge is -2.50. The Morgan fingerprint density at radius 2 is 1.90 bits per heavy atom. The molecule has 0 aromatic carbocycles. The summed E-state index contributed by atoms with van der Waals surface area (Å²) in [6.45, 7) is 12.4. The molecule has 4 aliphatic rings. The first-order valence-corrected chi connectivity index (χ1v) is 15.5. The van der Waals surface area contributed by atoms with Gasteiger partial charge in [-0.1, -0.05) is 63.6 Å². The maximum Gasteiger partial charge on any atom is 0.316 e. The van der Waals surface area contributed by atoms with Gasteiger partial charge in [-0.05, 0) is 62.0 Å². The third-order valence-corrected chi connectivity index (χ3v) is 9.60. The molecular formula is C34H52O7. The maximum atomic E-state index is 14.0. The van der Waals surface area contributed by atoms with Crippen molar-refractivity contribution in [3.05, 3.63) is 47.1 Å². The first kappa shape index (κ1) is 32.2. The largest absolute Gasteiger partial charge is 0.462 e.